The molecule has 1 unspecified atom stereocenters. The standard InChI is InChI=1S/C16H20N4O3/c1-10-8-20-9-12(3-6-15(20)18-10)19-16(22)14-5-4-13(23-14)7-17-11(2)21/h4-5,8,12H,3,6-7,9H2,1-2H3,(H,17,21)(H,19,22). The van der Waals surface area contributed by atoms with E-state index in [-0.39, 0.29) is 30.2 Å². The van der Waals surface area contributed by atoms with Crippen molar-refractivity contribution >= 4 is 11.8 Å². The van der Waals surface area contributed by atoms with Crippen molar-refractivity contribution in [1.29, 1.82) is 0 Å². The van der Waals surface area contributed by atoms with Crippen LogP contribution in [-0.2, 0) is 24.3 Å². The summed E-state index contributed by atoms with van der Waals surface area (Å²) in [5, 5.41) is 5.63. The van der Waals surface area contributed by atoms with Gasteiger partial charge in [-0.1, -0.05) is 0 Å². The van der Waals surface area contributed by atoms with Crippen LogP contribution >= 0.6 is 0 Å². The van der Waals surface area contributed by atoms with Crippen molar-refractivity contribution in [2.24, 2.45) is 0 Å². The Labute approximate surface area is 134 Å². The average Bonchev–Trinajstić information content (AvgIpc) is 3.10. The van der Waals surface area contributed by atoms with Gasteiger partial charge in [0.2, 0.25) is 5.91 Å². The van der Waals surface area contributed by atoms with E-state index in [4.69, 9.17) is 4.42 Å². The van der Waals surface area contributed by atoms with Gasteiger partial charge in [0, 0.05) is 32.1 Å². The van der Waals surface area contributed by atoms with E-state index >= 15 is 0 Å². The summed E-state index contributed by atoms with van der Waals surface area (Å²) in [6, 6.07) is 3.39. The zero-order valence-electron chi connectivity index (χ0n) is 13.3. The van der Waals surface area contributed by atoms with Gasteiger partial charge in [-0.15, -0.1) is 0 Å². The predicted octanol–water partition coefficient (Wildman–Crippen LogP) is 1.17. The van der Waals surface area contributed by atoms with Crippen molar-refractivity contribution in [2.75, 3.05) is 0 Å². The van der Waals surface area contributed by atoms with E-state index in [9.17, 15) is 9.59 Å². The van der Waals surface area contributed by atoms with Crippen LogP contribution in [0.5, 0.6) is 0 Å². The molecule has 3 heterocycles. The topological polar surface area (TPSA) is 89.2 Å². The second-order valence-electron chi connectivity index (χ2n) is 5.84. The SMILES string of the molecule is CC(=O)NCc1ccc(C(=O)NC2CCc3nc(C)cn3C2)o1. The normalized spacial score (nSPS) is 16.7. The van der Waals surface area contributed by atoms with Crippen molar-refractivity contribution in [3.63, 3.8) is 0 Å². The summed E-state index contributed by atoms with van der Waals surface area (Å²) in [6.45, 7) is 4.41. The molecule has 3 rings (SSSR count). The van der Waals surface area contributed by atoms with Crippen LogP contribution in [0.4, 0.5) is 0 Å². The van der Waals surface area contributed by atoms with Crippen LogP contribution in [0.3, 0.4) is 0 Å². The average molecular weight is 316 g/mol. The molecule has 7 nitrogen and oxygen atoms in total. The molecule has 0 saturated carbocycles. The molecule has 0 radical (unpaired) electrons. The highest BCUT2D eigenvalue weighted by atomic mass is 16.4. The number of fused-ring (bicyclic) bond motifs is 1. The second-order valence-corrected chi connectivity index (χ2v) is 5.84. The maximum atomic E-state index is 12.3. The number of rotatable bonds is 4. The van der Waals surface area contributed by atoms with E-state index in [1.807, 2.05) is 13.1 Å². The Kier molecular flexibility index (Phi) is 4.18. The van der Waals surface area contributed by atoms with Gasteiger partial charge >= 0.3 is 0 Å². The van der Waals surface area contributed by atoms with E-state index in [0.717, 1.165) is 30.9 Å². The summed E-state index contributed by atoms with van der Waals surface area (Å²) in [6.07, 6.45) is 3.72. The highest BCUT2D eigenvalue weighted by Gasteiger charge is 2.22. The quantitative estimate of drug-likeness (QED) is 0.886. The molecule has 122 valence electrons. The minimum atomic E-state index is -0.232. The Balaban J connectivity index is 1.58. The van der Waals surface area contributed by atoms with E-state index in [2.05, 4.69) is 20.2 Å². The molecule has 2 aromatic heterocycles. The number of hydrogen-bond donors (Lipinski definition) is 2. The number of carbonyl (C=O) groups excluding carboxylic acids is 2. The zero-order chi connectivity index (χ0) is 16.4. The number of carbonyl (C=O) groups is 2. The number of nitrogens with zero attached hydrogens (tertiary/aromatic N) is 2. The Morgan fingerprint density at radius 2 is 2.26 bits per heavy atom. The first-order chi connectivity index (χ1) is 11.0. The summed E-state index contributed by atoms with van der Waals surface area (Å²) >= 11 is 0. The number of furan rings is 1. The Morgan fingerprint density at radius 1 is 1.43 bits per heavy atom. The zero-order valence-corrected chi connectivity index (χ0v) is 13.3. The number of aromatic nitrogens is 2. The minimum absolute atomic E-state index is 0.0625. The Morgan fingerprint density at radius 3 is 3.04 bits per heavy atom. The fourth-order valence-electron chi connectivity index (χ4n) is 2.77. The molecule has 2 N–H and O–H groups in total. The first-order valence-electron chi connectivity index (χ1n) is 7.68. The van der Waals surface area contributed by atoms with E-state index in [1.54, 1.807) is 12.1 Å². The van der Waals surface area contributed by atoms with Gasteiger partial charge < -0.3 is 19.6 Å². The first kappa shape index (κ1) is 15.3. The fraction of sp³-hybridized carbons (Fsp3) is 0.438. The Bertz CT molecular complexity index is 732. The van der Waals surface area contributed by atoms with E-state index in [0.29, 0.717) is 5.76 Å². The lowest BCUT2D eigenvalue weighted by atomic mass is 10.1. The number of amides is 2. The molecule has 23 heavy (non-hydrogen) atoms. The molecule has 1 atom stereocenters. The summed E-state index contributed by atoms with van der Waals surface area (Å²) < 4.78 is 7.56. The van der Waals surface area contributed by atoms with Crippen LogP contribution in [0.25, 0.3) is 0 Å². The number of hydrogen-bond acceptors (Lipinski definition) is 4. The third-order valence-corrected chi connectivity index (χ3v) is 3.85. The minimum Gasteiger partial charge on any atom is -0.454 e. The molecule has 2 amide bonds. The molecule has 0 bridgehead atoms. The lowest BCUT2D eigenvalue weighted by Gasteiger charge is -2.24. The van der Waals surface area contributed by atoms with Crippen molar-refractivity contribution < 1.29 is 14.0 Å². The molecular weight excluding hydrogens is 296 g/mol. The second kappa shape index (κ2) is 6.28. The monoisotopic (exact) mass is 316 g/mol. The predicted molar refractivity (Wildman–Crippen MR) is 82.8 cm³/mol. The highest BCUT2D eigenvalue weighted by Crippen LogP contribution is 2.16. The fourth-order valence-corrected chi connectivity index (χ4v) is 2.77. The molecule has 0 spiro atoms. The Hall–Kier alpha value is -2.57. The van der Waals surface area contributed by atoms with Gasteiger partial charge in [-0.2, -0.15) is 0 Å². The number of aryl methyl sites for hydroxylation is 2. The highest BCUT2D eigenvalue weighted by molar-refractivity contribution is 5.91. The van der Waals surface area contributed by atoms with Crippen molar-refractivity contribution in [3.8, 4) is 0 Å². The van der Waals surface area contributed by atoms with Crippen LogP contribution in [0, 0.1) is 6.92 Å². The molecule has 0 aliphatic carbocycles. The van der Waals surface area contributed by atoms with Crippen LogP contribution in [0.1, 0.15) is 41.2 Å². The first-order valence-corrected chi connectivity index (χ1v) is 7.68. The lowest BCUT2D eigenvalue weighted by Crippen LogP contribution is -2.40. The molecule has 1 aliphatic heterocycles. The summed E-state index contributed by atoms with van der Waals surface area (Å²) in [4.78, 5) is 27.6. The molecule has 1 aliphatic rings. The molecule has 2 aromatic rings. The van der Waals surface area contributed by atoms with E-state index in [1.165, 1.54) is 6.92 Å². The van der Waals surface area contributed by atoms with Crippen LogP contribution in [0.15, 0.2) is 22.7 Å². The molecular formula is C16H20N4O3. The van der Waals surface area contributed by atoms with Gasteiger partial charge in [0.05, 0.1) is 12.2 Å². The number of imidazole rings is 1. The summed E-state index contributed by atoms with van der Waals surface area (Å²) in [5.41, 5.74) is 1.00. The largest absolute Gasteiger partial charge is 0.454 e. The van der Waals surface area contributed by atoms with Gasteiger partial charge in [-0.3, -0.25) is 9.59 Å². The summed E-state index contributed by atoms with van der Waals surface area (Å²) in [7, 11) is 0. The smallest absolute Gasteiger partial charge is 0.287 e. The number of nitrogens with one attached hydrogen (secondary N) is 2. The van der Waals surface area contributed by atoms with Crippen LogP contribution in [0.2, 0.25) is 0 Å². The molecule has 7 heteroatoms. The molecule has 0 fully saturated rings. The molecule has 0 saturated heterocycles. The van der Waals surface area contributed by atoms with Crippen LogP contribution < -0.4 is 10.6 Å². The van der Waals surface area contributed by atoms with Crippen molar-refractivity contribution in [3.05, 3.63) is 41.4 Å². The van der Waals surface area contributed by atoms with E-state index < -0.39 is 0 Å². The third kappa shape index (κ3) is 3.61. The van der Waals surface area contributed by atoms with Gasteiger partial charge in [0.15, 0.2) is 5.76 Å². The maximum Gasteiger partial charge on any atom is 0.287 e. The van der Waals surface area contributed by atoms with Gasteiger partial charge in [-0.05, 0) is 25.5 Å². The van der Waals surface area contributed by atoms with Gasteiger partial charge in [0.1, 0.15) is 11.6 Å². The van der Waals surface area contributed by atoms with Crippen molar-refractivity contribution in [2.45, 2.75) is 45.8 Å². The lowest BCUT2D eigenvalue weighted by molar-refractivity contribution is -0.119. The third-order valence-electron chi connectivity index (χ3n) is 3.85. The van der Waals surface area contributed by atoms with Crippen molar-refractivity contribution in [1.82, 2.24) is 20.2 Å². The van der Waals surface area contributed by atoms with Gasteiger partial charge in [0.25, 0.3) is 5.91 Å². The molecule has 0 aromatic carbocycles. The van der Waals surface area contributed by atoms with Crippen LogP contribution in [-0.4, -0.2) is 27.4 Å². The summed E-state index contributed by atoms with van der Waals surface area (Å²) in [5.74, 6) is 1.52. The van der Waals surface area contributed by atoms with Gasteiger partial charge in [-0.25, -0.2) is 4.98 Å². The maximum absolute atomic E-state index is 12.3.